The molecule has 34 heavy (non-hydrogen) atoms. The van der Waals surface area contributed by atoms with Crippen LogP contribution in [0, 0.1) is 5.41 Å². The molecule has 7 N–H and O–H groups in total. The summed E-state index contributed by atoms with van der Waals surface area (Å²) in [6.07, 6.45) is -13.3. The molecular weight excluding hydrogens is 456 g/mol. The number of carbonyl (C=O) groups is 1. The van der Waals surface area contributed by atoms with Gasteiger partial charge in [-0.1, -0.05) is 13.8 Å². The molecule has 0 aromatic rings. The van der Waals surface area contributed by atoms with E-state index in [4.69, 9.17) is 18.9 Å². The van der Waals surface area contributed by atoms with E-state index in [-0.39, 0.29) is 12.4 Å². The molecule has 2 aliphatic heterocycles. The minimum Gasteiger partial charge on any atom is -0.494 e. The summed E-state index contributed by atoms with van der Waals surface area (Å²) >= 11 is 0. The Bertz CT molecular complexity index is 752. The molecule has 10 unspecified atom stereocenters. The van der Waals surface area contributed by atoms with Crippen LogP contribution in [0.25, 0.3) is 0 Å². The van der Waals surface area contributed by atoms with Crippen LogP contribution in [0.5, 0.6) is 0 Å². The Hall–Kier alpha value is -1.19. The number of hydrogen-bond acceptors (Lipinski definition) is 12. The van der Waals surface area contributed by atoms with Crippen molar-refractivity contribution in [3.63, 3.8) is 0 Å². The zero-order chi connectivity index (χ0) is 25.4. The van der Waals surface area contributed by atoms with Gasteiger partial charge in [-0.2, -0.15) is 0 Å². The fourth-order valence-corrected chi connectivity index (χ4v) is 4.53. The zero-order valence-electron chi connectivity index (χ0n) is 19.5. The van der Waals surface area contributed by atoms with Crippen LogP contribution in [0.3, 0.4) is 0 Å². The van der Waals surface area contributed by atoms with Gasteiger partial charge in [0.2, 0.25) is 0 Å². The first-order chi connectivity index (χ1) is 15.9. The van der Waals surface area contributed by atoms with E-state index >= 15 is 0 Å². The smallest absolute Gasteiger partial charge is 0.186 e. The monoisotopic (exact) mass is 492 g/mol. The maximum absolute atomic E-state index is 12.1. The lowest BCUT2D eigenvalue weighted by atomic mass is 9.77. The minimum atomic E-state index is -1.64. The molecule has 2 heterocycles. The summed E-state index contributed by atoms with van der Waals surface area (Å²) < 4.78 is 22.3. The molecule has 1 aliphatic carbocycles. The highest BCUT2D eigenvalue weighted by atomic mass is 16.7. The first-order valence-electron chi connectivity index (χ1n) is 11.4. The van der Waals surface area contributed by atoms with Crippen molar-refractivity contribution in [1.82, 2.24) is 0 Å². The molecule has 0 bridgehead atoms. The number of rotatable bonds is 7. The summed E-state index contributed by atoms with van der Waals surface area (Å²) in [5, 5.41) is 70.2. The molecular formula is C22H36O12. The Kier molecular flexibility index (Phi) is 8.72. The van der Waals surface area contributed by atoms with Gasteiger partial charge in [-0.3, -0.25) is 4.79 Å². The van der Waals surface area contributed by atoms with Crippen molar-refractivity contribution in [1.29, 1.82) is 0 Å². The van der Waals surface area contributed by atoms with E-state index in [1.54, 1.807) is 6.92 Å². The van der Waals surface area contributed by atoms with Gasteiger partial charge in [-0.05, 0) is 13.3 Å². The molecule has 0 aromatic carbocycles. The summed E-state index contributed by atoms with van der Waals surface area (Å²) in [4.78, 5) is 12.1. The number of Topliss-reactive ketones (excluding diaryl/α,β-unsaturated/α-hetero) is 1. The van der Waals surface area contributed by atoms with Crippen molar-refractivity contribution < 1.29 is 59.5 Å². The van der Waals surface area contributed by atoms with Crippen LogP contribution in [-0.4, -0.2) is 123 Å². The molecule has 2 saturated heterocycles. The third-order valence-corrected chi connectivity index (χ3v) is 6.83. The number of aliphatic hydroxyl groups is 7. The predicted molar refractivity (Wildman–Crippen MR) is 113 cm³/mol. The number of hydrogen-bond donors (Lipinski definition) is 7. The van der Waals surface area contributed by atoms with E-state index < -0.39 is 79.9 Å². The van der Waals surface area contributed by atoms with Gasteiger partial charge in [0.25, 0.3) is 0 Å². The summed E-state index contributed by atoms with van der Waals surface area (Å²) in [6.45, 7) is 4.29. The summed E-state index contributed by atoms with van der Waals surface area (Å²) in [7, 11) is 0. The average molecular weight is 493 g/mol. The van der Waals surface area contributed by atoms with Gasteiger partial charge in [-0.25, -0.2) is 0 Å². The SMILES string of the molecule is CC1=C(OCC2OC(COC3OC(CO)C(O)C(O)C3O)C(O)C(O)C2O)C(C)(C)CCC1=O. The van der Waals surface area contributed by atoms with Gasteiger partial charge in [-0.15, -0.1) is 0 Å². The van der Waals surface area contributed by atoms with Gasteiger partial charge in [0.15, 0.2) is 12.1 Å². The lowest BCUT2D eigenvalue weighted by molar-refractivity contribution is -0.315. The average Bonchev–Trinajstić information content (AvgIpc) is 2.80. The van der Waals surface area contributed by atoms with E-state index in [1.807, 2.05) is 13.8 Å². The molecule has 3 rings (SSSR count). The van der Waals surface area contributed by atoms with Gasteiger partial charge < -0.3 is 54.7 Å². The number of allylic oxidation sites excluding steroid dienone is 2. The lowest BCUT2D eigenvalue weighted by Crippen LogP contribution is -2.62. The molecule has 0 aromatic heterocycles. The van der Waals surface area contributed by atoms with Crippen LogP contribution in [-0.2, 0) is 23.7 Å². The van der Waals surface area contributed by atoms with Crippen LogP contribution in [0.1, 0.15) is 33.6 Å². The Morgan fingerprint density at radius 3 is 2.03 bits per heavy atom. The second-order valence-electron chi connectivity index (χ2n) is 9.79. The van der Waals surface area contributed by atoms with E-state index in [9.17, 15) is 40.5 Å². The fourth-order valence-electron chi connectivity index (χ4n) is 4.53. The summed E-state index contributed by atoms with van der Waals surface area (Å²) in [5.74, 6) is 0.454. The molecule has 10 atom stereocenters. The molecule has 12 heteroatoms. The van der Waals surface area contributed by atoms with Gasteiger partial charge in [0.05, 0.1) is 13.2 Å². The maximum atomic E-state index is 12.1. The van der Waals surface area contributed by atoms with Crippen molar-refractivity contribution in [3.05, 3.63) is 11.3 Å². The lowest BCUT2D eigenvalue weighted by Gasteiger charge is -2.43. The molecule has 0 saturated carbocycles. The quantitative estimate of drug-likeness (QED) is 0.195. The number of carbonyl (C=O) groups excluding carboxylic acids is 1. The number of ether oxygens (including phenoxy) is 4. The van der Waals surface area contributed by atoms with E-state index in [0.29, 0.717) is 24.2 Å². The molecule has 12 nitrogen and oxygen atoms in total. The third kappa shape index (κ3) is 5.46. The van der Waals surface area contributed by atoms with E-state index in [0.717, 1.165) is 0 Å². The summed E-state index contributed by atoms with van der Waals surface area (Å²) in [6, 6.07) is 0. The largest absolute Gasteiger partial charge is 0.494 e. The van der Waals surface area contributed by atoms with Gasteiger partial charge in [0.1, 0.15) is 67.3 Å². The van der Waals surface area contributed by atoms with E-state index in [1.165, 1.54) is 0 Å². The van der Waals surface area contributed by atoms with Crippen molar-refractivity contribution in [2.45, 2.75) is 94.8 Å². The maximum Gasteiger partial charge on any atom is 0.186 e. The van der Waals surface area contributed by atoms with Crippen LogP contribution in [0.4, 0.5) is 0 Å². The first-order valence-corrected chi connectivity index (χ1v) is 11.4. The Labute approximate surface area is 197 Å². The Morgan fingerprint density at radius 1 is 0.853 bits per heavy atom. The second kappa shape index (κ2) is 10.8. The molecule has 2 fully saturated rings. The molecule has 196 valence electrons. The Morgan fingerprint density at radius 2 is 1.41 bits per heavy atom. The first kappa shape index (κ1) is 27.4. The van der Waals surface area contributed by atoms with Crippen molar-refractivity contribution >= 4 is 5.78 Å². The standard InChI is InChI=1S/C22H36O12/c1-9-10(24)4-5-22(2,3)20(9)31-7-12-15(26)17(28)16(27)13(33-12)8-32-21-19(30)18(29)14(25)11(6-23)34-21/h11-19,21,23,25-30H,4-8H2,1-3H3. The molecule has 0 spiro atoms. The van der Waals surface area contributed by atoms with Crippen molar-refractivity contribution in [3.8, 4) is 0 Å². The molecule has 0 amide bonds. The van der Waals surface area contributed by atoms with E-state index in [2.05, 4.69) is 0 Å². The highest BCUT2D eigenvalue weighted by molar-refractivity contribution is 5.96. The van der Waals surface area contributed by atoms with Crippen LogP contribution in [0.2, 0.25) is 0 Å². The predicted octanol–water partition coefficient (Wildman–Crippen LogP) is -2.67. The fraction of sp³-hybridized carbons (Fsp3) is 0.864. The zero-order valence-corrected chi connectivity index (χ0v) is 19.5. The molecule has 0 radical (unpaired) electrons. The van der Waals surface area contributed by atoms with Crippen LogP contribution in [0.15, 0.2) is 11.3 Å². The normalized spacial score (nSPS) is 43.2. The highest BCUT2D eigenvalue weighted by Crippen LogP contribution is 2.39. The minimum absolute atomic E-state index is 0.0271. The third-order valence-electron chi connectivity index (χ3n) is 6.83. The summed E-state index contributed by atoms with van der Waals surface area (Å²) in [5.41, 5.74) is 0.0890. The van der Waals surface area contributed by atoms with Gasteiger partial charge in [0, 0.05) is 17.4 Å². The topological polar surface area (TPSA) is 196 Å². The van der Waals surface area contributed by atoms with Crippen molar-refractivity contribution in [2.75, 3.05) is 19.8 Å². The number of aliphatic hydroxyl groups excluding tert-OH is 7. The molecule has 3 aliphatic rings. The van der Waals surface area contributed by atoms with Gasteiger partial charge >= 0.3 is 0 Å². The van der Waals surface area contributed by atoms with Crippen LogP contribution >= 0.6 is 0 Å². The number of ketones is 1. The second-order valence-corrected chi connectivity index (χ2v) is 9.79. The highest BCUT2D eigenvalue weighted by Gasteiger charge is 2.47. The Balaban J connectivity index is 1.65. The van der Waals surface area contributed by atoms with Crippen LogP contribution < -0.4 is 0 Å². The van der Waals surface area contributed by atoms with Crippen molar-refractivity contribution in [2.24, 2.45) is 5.41 Å².